The Bertz CT molecular complexity index is 598. The molecule has 112 valence electrons. The van der Waals surface area contributed by atoms with Crippen LogP contribution in [0.5, 0.6) is 0 Å². The third kappa shape index (κ3) is 4.39. The fourth-order valence-corrected chi connectivity index (χ4v) is 1.83. The number of hydrogen-bond donors (Lipinski definition) is 2. The van der Waals surface area contributed by atoms with E-state index in [9.17, 15) is 9.18 Å². The highest BCUT2D eigenvalue weighted by atomic mass is 19.1. The van der Waals surface area contributed by atoms with Crippen molar-refractivity contribution < 1.29 is 18.7 Å². The van der Waals surface area contributed by atoms with Crippen LogP contribution in [-0.2, 0) is 11.2 Å². The van der Waals surface area contributed by atoms with E-state index in [2.05, 4.69) is 10.3 Å². The molecule has 1 aromatic carbocycles. The number of hydrogen-bond acceptors (Lipinski definition) is 4. The van der Waals surface area contributed by atoms with Crippen LogP contribution in [-0.4, -0.2) is 29.1 Å². The molecular formula is C15H17FN2O3. The second kappa shape index (κ2) is 7.54. The first-order valence-corrected chi connectivity index (χ1v) is 6.78. The lowest BCUT2D eigenvalue weighted by Crippen LogP contribution is -2.25. The molecule has 0 bridgehead atoms. The Morgan fingerprint density at radius 3 is 2.95 bits per heavy atom. The fourth-order valence-electron chi connectivity index (χ4n) is 1.83. The van der Waals surface area contributed by atoms with Crippen molar-refractivity contribution in [3.63, 3.8) is 0 Å². The van der Waals surface area contributed by atoms with Crippen molar-refractivity contribution in [2.24, 2.45) is 0 Å². The Labute approximate surface area is 121 Å². The van der Waals surface area contributed by atoms with Gasteiger partial charge in [-0.25, -0.2) is 9.37 Å². The topological polar surface area (TPSA) is 75.4 Å². The predicted octanol–water partition coefficient (Wildman–Crippen LogP) is 1.91. The van der Waals surface area contributed by atoms with Crippen molar-refractivity contribution in [2.45, 2.75) is 19.3 Å². The van der Waals surface area contributed by atoms with Crippen LogP contribution in [0.25, 0.3) is 11.3 Å². The Hall–Kier alpha value is -2.21. The number of carbonyl (C=O) groups excluding carboxylic acids is 1. The predicted molar refractivity (Wildman–Crippen MR) is 74.9 cm³/mol. The molecule has 0 aliphatic carbocycles. The van der Waals surface area contributed by atoms with E-state index in [1.165, 1.54) is 12.3 Å². The van der Waals surface area contributed by atoms with E-state index in [4.69, 9.17) is 9.52 Å². The number of carbonyl (C=O) groups is 1. The molecule has 1 heterocycles. The maximum absolute atomic E-state index is 13.6. The smallest absolute Gasteiger partial charge is 0.220 e. The zero-order valence-electron chi connectivity index (χ0n) is 11.5. The maximum atomic E-state index is 13.6. The molecule has 0 saturated carbocycles. The molecule has 1 amide bonds. The lowest BCUT2D eigenvalue weighted by atomic mass is 10.2. The Morgan fingerprint density at radius 1 is 1.38 bits per heavy atom. The molecule has 0 aliphatic rings. The summed E-state index contributed by atoms with van der Waals surface area (Å²) in [6.07, 6.45) is 2.57. The van der Waals surface area contributed by atoms with Crippen molar-refractivity contribution in [3.05, 3.63) is 42.2 Å². The summed E-state index contributed by atoms with van der Waals surface area (Å²) in [5.41, 5.74) is 0.351. The third-order valence-corrected chi connectivity index (χ3v) is 2.92. The number of aliphatic hydroxyl groups excluding tert-OH is 1. The van der Waals surface area contributed by atoms with Crippen LogP contribution in [0.4, 0.5) is 4.39 Å². The summed E-state index contributed by atoms with van der Waals surface area (Å²) >= 11 is 0. The van der Waals surface area contributed by atoms with Gasteiger partial charge in [-0.1, -0.05) is 12.1 Å². The summed E-state index contributed by atoms with van der Waals surface area (Å²) in [5, 5.41) is 11.3. The molecule has 0 spiro atoms. The Balaban J connectivity index is 1.89. The van der Waals surface area contributed by atoms with E-state index in [0.29, 0.717) is 36.6 Å². The average molecular weight is 292 g/mol. The van der Waals surface area contributed by atoms with E-state index in [-0.39, 0.29) is 24.8 Å². The molecule has 6 heteroatoms. The number of aliphatic hydroxyl groups is 1. The summed E-state index contributed by atoms with van der Waals surface area (Å²) in [6, 6.07) is 6.29. The van der Waals surface area contributed by atoms with Gasteiger partial charge in [-0.2, -0.15) is 0 Å². The summed E-state index contributed by atoms with van der Waals surface area (Å²) in [7, 11) is 0. The number of amides is 1. The number of rotatable bonds is 7. The van der Waals surface area contributed by atoms with Crippen LogP contribution < -0.4 is 5.32 Å². The van der Waals surface area contributed by atoms with Gasteiger partial charge in [-0.05, 0) is 18.6 Å². The minimum Gasteiger partial charge on any atom is -0.441 e. The first-order chi connectivity index (χ1) is 10.2. The van der Waals surface area contributed by atoms with Crippen molar-refractivity contribution in [2.75, 3.05) is 13.2 Å². The molecule has 0 atom stereocenters. The highest BCUT2D eigenvalue weighted by Crippen LogP contribution is 2.23. The van der Waals surface area contributed by atoms with E-state index in [0.717, 1.165) is 0 Å². The minimum atomic E-state index is -0.373. The van der Waals surface area contributed by atoms with Crippen LogP contribution >= 0.6 is 0 Å². The molecule has 1 aromatic heterocycles. The van der Waals surface area contributed by atoms with Crippen molar-refractivity contribution >= 4 is 5.91 Å². The minimum absolute atomic E-state index is 0.0476. The molecule has 0 fully saturated rings. The number of halogens is 1. The molecule has 2 aromatic rings. The van der Waals surface area contributed by atoms with Gasteiger partial charge in [0.25, 0.3) is 0 Å². The average Bonchev–Trinajstić information content (AvgIpc) is 2.94. The molecule has 2 rings (SSSR count). The molecule has 0 unspecified atom stereocenters. The van der Waals surface area contributed by atoms with Gasteiger partial charge in [-0.15, -0.1) is 0 Å². The number of oxazole rings is 1. The van der Waals surface area contributed by atoms with Crippen LogP contribution in [0.3, 0.4) is 0 Å². The molecule has 0 aliphatic heterocycles. The normalized spacial score (nSPS) is 10.6. The Morgan fingerprint density at radius 2 is 2.19 bits per heavy atom. The lowest BCUT2D eigenvalue weighted by Gasteiger charge is -2.02. The van der Waals surface area contributed by atoms with Crippen molar-refractivity contribution in [3.8, 4) is 11.3 Å². The van der Waals surface area contributed by atoms with E-state index in [1.54, 1.807) is 18.2 Å². The first kappa shape index (κ1) is 15.2. The van der Waals surface area contributed by atoms with Crippen molar-refractivity contribution in [1.82, 2.24) is 10.3 Å². The van der Waals surface area contributed by atoms with Crippen LogP contribution in [0.2, 0.25) is 0 Å². The van der Waals surface area contributed by atoms with Gasteiger partial charge in [-0.3, -0.25) is 4.79 Å². The zero-order valence-corrected chi connectivity index (χ0v) is 11.5. The first-order valence-electron chi connectivity index (χ1n) is 6.78. The largest absolute Gasteiger partial charge is 0.441 e. The van der Waals surface area contributed by atoms with Crippen LogP contribution in [0, 0.1) is 5.82 Å². The molecule has 0 saturated heterocycles. The zero-order chi connectivity index (χ0) is 15.1. The van der Waals surface area contributed by atoms with Gasteiger partial charge < -0.3 is 14.8 Å². The monoisotopic (exact) mass is 292 g/mol. The van der Waals surface area contributed by atoms with Crippen molar-refractivity contribution in [1.29, 1.82) is 0 Å². The number of nitrogens with one attached hydrogen (secondary N) is 1. The third-order valence-electron chi connectivity index (χ3n) is 2.92. The van der Waals surface area contributed by atoms with Gasteiger partial charge in [0.15, 0.2) is 11.7 Å². The highest BCUT2D eigenvalue weighted by molar-refractivity contribution is 5.76. The number of benzene rings is 1. The summed E-state index contributed by atoms with van der Waals surface area (Å²) in [5.74, 6) is 0.241. The van der Waals surface area contributed by atoms with E-state index < -0.39 is 0 Å². The lowest BCUT2D eigenvalue weighted by molar-refractivity contribution is -0.121. The van der Waals surface area contributed by atoms with Crippen LogP contribution in [0.1, 0.15) is 18.7 Å². The SMILES string of the molecule is O=C(CCc1ncc(-c2ccccc2F)o1)NCCCO. The number of aromatic nitrogens is 1. The molecule has 21 heavy (non-hydrogen) atoms. The fraction of sp³-hybridized carbons (Fsp3) is 0.333. The maximum Gasteiger partial charge on any atom is 0.220 e. The standard InChI is InChI=1S/C15H17FN2O3/c16-12-5-2-1-4-11(12)13-10-18-15(21-13)7-6-14(20)17-8-3-9-19/h1-2,4-5,10,19H,3,6-9H2,(H,17,20). The summed E-state index contributed by atoms with van der Waals surface area (Å²) in [4.78, 5) is 15.5. The van der Waals surface area contributed by atoms with Gasteiger partial charge in [0.05, 0.1) is 11.8 Å². The van der Waals surface area contributed by atoms with Gasteiger partial charge in [0, 0.05) is 26.0 Å². The van der Waals surface area contributed by atoms with Gasteiger partial charge >= 0.3 is 0 Å². The highest BCUT2D eigenvalue weighted by Gasteiger charge is 2.11. The summed E-state index contributed by atoms with van der Waals surface area (Å²) < 4.78 is 19.1. The van der Waals surface area contributed by atoms with Gasteiger partial charge in [0.2, 0.25) is 5.91 Å². The molecular weight excluding hydrogens is 275 g/mol. The second-order valence-corrected chi connectivity index (χ2v) is 4.53. The number of nitrogens with zero attached hydrogens (tertiary/aromatic N) is 1. The molecule has 2 N–H and O–H groups in total. The Kier molecular flexibility index (Phi) is 5.45. The summed E-state index contributed by atoms with van der Waals surface area (Å²) in [6.45, 7) is 0.493. The van der Waals surface area contributed by atoms with Crippen LogP contribution in [0.15, 0.2) is 34.9 Å². The molecule has 0 radical (unpaired) electrons. The number of aryl methyl sites for hydroxylation is 1. The van der Waals surface area contributed by atoms with E-state index in [1.807, 2.05) is 0 Å². The second-order valence-electron chi connectivity index (χ2n) is 4.53. The van der Waals surface area contributed by atoms with E-state index >= 15 is 0 Å². The quantitative estimate of drug-likeness (QED) is 0.764. The van der Waals surface area contributed by atoms with Gasteiger partial charge in [0.1, 0.15) is 5.82 Å². The molecule has 5 nitrogen and oxygen atoms in total.